The molecule has 6 heteroatoms. The van der Waals surface area contributed by atoms with Crippen molar-refractivity contribution in [3.8, 4) is 0 Å². The molecule has 0 bridgehead atoms. The molecule has 0 saturated carbocycles. The van der Waals surface area contributed by atoms with Gasteiger partial charge in [-0.15, -0.1) is 0 Å². The van der Waals surface area contributed by atoms with Crippen LogP contribution >= 0.6 is 0 Å². The van der Waals surface area contributed by atoms with Crippen molar-refractivity contribution >= 4 is 11.6 Å². The summed E-state index contributed by atoms with van der Waals surface area (Å²) in [6.07, 6.45) is 2.02. The van der Waals surface area contributed by atoms with Gasteiger partial charge in [0.1, 0.15) is 18.0 Å². The predicted octanol–water partition coefficient (Wildman–Crippen LogP) is 1.84. The van der Waals surface area contributed by atoms with Crippen molar-refractivity contribution in [3.63, 3.8) is 0 Å². The molecule has 0 spiro atoms. The van der Waals surface area contributed by atoms with Crippen molar-refractivity contribution in [1.82, 2.24) is 9.97 Å². The van der Waals surface area contributed by atoms with Gasteiger partial charge in [0.15, 0.2) is 0 Å². The van der Waals surface area contributed by atoms with E-state index in [1.165, 1.54) is 6.33 Å². The highest BCUT2D eigenvalue weighted by Gasteiger charge is 2.15. The van der Waals surface area contributed by atoms with Crippen LogP contribution in [0.1, 0.15) is 38.7 Å². The molecule has 3 N–H and O–H groups in total. The van der Waals surface area contributed by atoms with Crippen LogP contribution in [0.4, 0.5) is 11.6 Å². The maximum absolute atomic E-state index is 9.70. The van der Waals surface area contributed by atoms with Crippen molar-refractivity contribution in [2.24, 2.45) is 0 Å². The fourth-order valence-electron chi connectivity index (χ4n) is 1.93. The molecular formula is C14H26N4O2. The second-order valence-corrected chi connectivity index (χ2v) is 5.06. The van der Waals surface area contributed by atoms with Crippen molar-refractivity contribution in [3.05, 3.63) is 11.9 Å². The van der Waals surface area contributed by atoms with Crippen LogP contribution in [0, 0.1) is 0 Å². The summed E-state index contributed by atoms with van der Waals surface area (Å²) in [4.78, 5) is 8.60. The Morgan fingerprint density at radius 1 is 1.25 bits per heavy atom. The number of nitrogens with one attached hydrogen (secondary N) is 2. The van der Waals surface area contributed by atoms with Gasteiger partial charge in [0.05, 0.1) is 12.7 Å². The SMILES string of the molecule is CCCNc1ncnc(NCC(O)COC)c1C(C)C. The molecule has 1 aromatic rings. The Morgan fingerprint density at radius 2 is 1.90 bits per heavy atom. The smallest absolute Gasteiger partial charge is 0.135 e. The molecule has 1 aromatic heterocycles. The molecule has 0 aliphatic heterocycles. The molecule has 0 fully saturated rings. The lowest BCUT2D eigenvalue weighted by Crippen LogP contribution is -2.25. The third-order valence-corrected chi connectivity index (χ3v) is 2.87. The van der Waals surface area contributed by atoms with E-state index >= 15 is 0 Å². The molecule has 6 nitrogen and oxygen atoms in total. The standard InChI is InChI=1S/C14H26N4O2/c1-5-6-15-13-12(10(2)3)14(18-9-17-13)16-7-11(19)8-20-4/h9-11,19H,5-8H2,1-4H3,(H2,15,16,17,18). The van der Waals surface area contributed by atoms with Gasteiger partial charge in [0.2, 0.25) is 0 Å². The van der Waals surface area contributed by atoms with Crippen molar-refractivity contribution in [1.29, 1.82) is 0 Å². The highest BCUT2D eigenvalue weighted by Crippen LogP contribution is 2.28. The minimum absolute atomic E-state index is 0.289. The van der Waals surface area contributed by atoms with Gasteiger partial charge in [-0.2, -0.15) is 0 Å². The average molecular weight is 282 g/mol. The molecule has 20 heavy (non-hydrogen) atoms. The Hall–Kier alpha value is -1.40. The topological polar surface area (TPSA) is 79.3 Å². The lowest BCUT2D eigenvalue weighted by Gasteiger charge is -2.19. The first kappa shape index (κ1) is 16.7. The summed E-state index contributed by atoms with van der Waals surface area (Å²) >= 11 is 0. The van der Waals surface area contributed by atoms with Gasteiger partial charge in [-0.25, -0.2) is 9.97 Å². The van der Waals surface area contributed by atoms with Crippen LogP contribution in [-0.2, 0) is 4.74 Å². The average Bonchev–Trinajstić information content (AvgIpc) is 2.42. The van der Waals surface area contributed by atoms with Crippen LogP contribution in [0.2, 0.25) is 0 Å². The van der Waals surface area contributed by atoms with E-state index in [1.54, 1.807) is 7.11 Å². The number of anilines is 2. The fraction of sp³-hybridized carbons (Fsp3) is 0.714. The van der Waals surface area contributed by atoms with Crippen LogP contribution in [0.15, 0.2) is 6.33 Å². The Balaban J connectivity index is 2.83. The summed E-state index contributed by atoms with van der Waals surface area (Å²) in [6.45, 7) is 7.90. The molecule has 0 saturated heterocycles. The van der Waals surface area contributed by atoms with Crippen LogP contribution in [-0.4, -0.2) is 48.0 Å². The molecule has 0 aliphatic rings. The van der Waals surface area contributed by atoms with E-state index in [0.29, 0.717) is 13.2 Å². The highest BCUT2D eigenvalue weighted by atomic mass is 16.5. The number of aromatic nitrogens is 2. The summed E-state index contributed by atoms with van der Waals surface area (Å²) in [5, 5.41) is 16.2. The number of rotatable bonds is 9. The van der Waals surface area contributed by atoms with Gasteiger partial charge in [-0.1, -0.05) is 20.8 Å². The lowest BCUT2D eigenvalue weighted by atomic mass is 10.0. The summed E-state index contributed by atoms with van der Waals surface area (Å²) in [6, 6.07) is 0. The van der Waals surface area contributed by atoms with Crippen LogP contribution in [0.25, 0.3) is 0 Å². The first-order valence-electron chi connectivity index (χ1n) is 7.09. The minimum Gasteiger partial charge on any atom is -0.389 e. The second-order valence-electron chi connectivity index (χ2n) is 5.06. The first-order valence-corrected chi connectivity index (χ1v) is 7.09. The number of hydrogen-bond donors (Lipinski definition) is 3. The van der Waals surface area contributed by atoms with Gasteiger partial charge in [0.25, 0.3) is 0 Å². The predicted molar refractivity (Wildman–Crippen MR) is 81.3 cm³/mol. The number of aliphatic hydroxyl groups excluding tert-OH is 1. The summed E-state index contributed by atoms with van der Waals surface area (Å²) < 4.78 is 4.91. The van der Waals surface area contributed by atoms with Gasteiger partial charge in [0, 0.05) is 25.8 Å². The molecular weight excluding hydrogens is 256 g/mol. The van der Waals surface area contributed by atoms with E-state index in [1.807, 2.05) is 0 Å². The van der Waals surface area contributed by atoms with Crippen LogP contribution in [0.5, 0.6) is 0 Å². The zero-order chi connectivity index (χ0) is 15.0. The molecule has 1 heterocycles. The molecule has 1 atom stereocenters. The Kier molecular flexibility index (Phi) is 7.25. The van der Waals surface area contributed by atoms with Crippen molar-refractivity contribution < 1.29 is 9.84 Å². The van der Waals surface area contributed by atoms with Crippen LogP contribution in [0.3, 0.4) is 0 Å². The number of hydrogen-bond acceptors (Lipinski definition) is 6. The first-order chi connectivity index (χ1) is 9.60. The van der Waals surface area contributed by atoms with Crippen molar-refractivity contribution in [2.75, 3.05) is 37.4 Å². The van der Waals surface area contributed by atoms with Crippen molar-refractivity contribution in [2.45, 2.75) is 39.2 Å². The Morgan fingerprint density at radius 3 is 2.45 bits per heavy atom. The molecule has 0 aromatic carbocycles. The monoisotopic (exact) mass is 282 g/mol. The summed E-state index contributed by atoms with van der Waals surface area (Å²) in [5.41, 5.74) is 1.05. The third-order valence-electron chi connectivity index (χ3n) is 2.87. The molecule has 0 amide bonds. The molecule has 0 aliphatic carbocycles. The van der Waals surface area contributed by atoms with Gasteiger partial charge < -0.3 is 20.5 Å². The zero-order valence-corrected chi connectivity index (χ0v) is 12.8. The van der Waals surface area contributed by atoms with Crippen LogP contribution < -0.4 is 10.6 Å². The molecule has 1 rings (SSSR count). The van der Waals surface area contributed by atoms with E-state index in [2.05, 4.69) is 41.4 Å². The van der Waals surface area contributed by atoms with Gasteiger partial charge >= 0.3 is 0 Å². The zero-order valence-electron chi connectivity index (χ0n) is 12.8. The largest absolute Gasteiger partial charge is 0.389 e. The van der Waals surface area contributed by atoms with E-state index in [-0.39, 0.29) is 5.92 Å². The highest BCUT2D eigenvalue weighted by molar-refractivity contribution is 5.59. The van der Waals surface area contributed by atoms with E-state index < -0.39 is 6.10 Å². The molecule has 1 unspecified atom stereocenters. The number of ether oxygens (including phenoxy) is 1. The normalized spacial score (nSPS) is 12.5. The number of aliphatic hydroxyl groups is 1. The quantitative estimate of drug-likeness (QED) is 0.641. The number of nitrogens with zero attached hydrogens (tertiary/aromatic N) is 2. The third kappa shape index (κ3) is 4.94. The molecule has 114 valence electrons. The second kappa shape index (κ2) is 8.71. The van der Waals surface area contributed by atoms with E-state index in [4.69, 9.17) is 4.74 Å². The Bertz CT molecular complexity index is 399. The maximum atomic E-state index is 9.70. The van der Waals surface area contributed by atoms with Gasteiger partial charge in [-0.05, 0) is 12.3 Å². The van der Waals surface area contributed by atoms with E-state index in [9.17, 15) is 5.11 Å². The summed E-state index contributed by atoms with van der Waals surface area (Å²) in [5.74, 6) is 1.92. The minimum atomic E-state index is -0.554. The fourth-order valence-corrected chi connectivity index (χ4v) is 1.93. The summed E-state index contributed by atoms with van der Waals surface area (Å²) in [7, 11) is 1.57. The van der Waals surface area contributed by atoms with Gasteiger partial charge in [-0.3, -0.25) is 0 Å². The maximum Gasteiger partial charge on any atom is 0.135 e. The number of methoxy groups -OCH3 is 1. The van der Waals surface area contributed by atoms with E-state index in [0.717, 1.165) is 30.2 Å². The Labute approximate surface area is 121 Å². The lowest BCUT2D eigenvalue weighted by molar-refractivity contribution is 0.0727. The molecule has 0 radical (unpaired) electrons.